The van der Waals surface area contributed by atoms with Crippen LogP contribution in [0.3, 0.4) is 0 Å². The van der Waals surface area contributed by atoms with Crippen molar-refractivity contribution in [3.63, 3.8) is 0 Å². The number of nitrogens with one attached hydrogen (secondary N) is 1. The smallest absolute Gasteiger partial charge is 0.483 e. The third-order valence-electron chi connectivity index (χ3n) is 4.40. The van der Waals surface area contributed by atoms with E-state index in [0.29, 0.717) is 11.1 Å². The van der Waals surface area contributed by atoms with Crippen LogP contribution in [0.5, 0.6) is 11.5 Å². The van der Waals surface area contributed by atoms with Gasteiger partial charge in [0.25, 0.3) is 0 Å². The van der Waals surface area contributed by atoms with Crippen molar-refractivity contribution in [2.45, 2.75) is 19.1 Å². The summed E-state index contributed by atoms with van der Waals surface area (Å²) in [5.74, 6) is -1.56. The van der Waals surface area contributed by atoms with Gasteiger partial charge in [-0.1, -0.05) is 23.7 Å². The van der Waals surface area contributed by atoms with Crippen LogP contribution in [0.15, 0.2) is 48.8 Å². The molecule has 0 saturated carbocycles. The lowest BCUT2D eigenvalue weighted by Gasteiger charge is -2.14. The fourth-order valence-corrected chi connectivity index (χ4v) is 3.13. The molecule has 2 aromatic carbocycles. The zero-order chi connectivity index (χ0) is 26.5. The van der Waals surface area contributed by atoms with Crippen molar-refractivity contribution in [3.05, 3.63) is 64.9 Å². The highest BCUT2D eigenvalue weighted by Crippen LogP contribution is 2.35. The van der Waals surface area contributed by atoms with Gasteiger partial charge in [-0.05, 0) is 35.4 Å². The minimum atomic E-state index is -4.82. The molecule has 0 spiro atoms. The van der Waals surface area contributed by atoms with Gasteiger partial charge in [-0.15, -0.1) is 13.2 Å². The fraction of sp³-hybridized carbons (Fsp3) is 0.227. The number of hydrogen-bond donors (Lipinski definition) is 1. The Hall–Kier alpha value is -3.74. The first-order valence-corrected chi connectivity index (χ1v) is 10.2. The summed E-state index contributed by atoms with van der Waals surface area (Å²) in [4.78, 5) is 20.2. The number of aromatic nitrogens is 2. The van der Waals surface area contributed by atoms with Gasteiger partial charge in [0, 0.05) is 24.5 Å². The Kier molecular flexibility index (Phi) is 8.13. The summed E-state index contributed by atoms with van der Waals surface area (Å²) in [7, 11) is 1.08. The van der Waals surface area contributed by atoms with E-state index in [2.05, 4.69) is 24.8 Å². The predicted octanol–water partition coefficient (Wildman–Crippen LogP) is 6.04. The topological polar surface area (TPSA) is 82.6 Å². The fourth-order valence-electron chi connectivity index (χ4n) is 2.89. The minimum Gasteiger partial charge on any atom is -0.483 e. The van der Waals surface area contributed by atoms with Gasteiger partial charge in [-0.2, -0.15) is 13.2 Å². The van der Waals surface area contributed by atoms with E-state index in [0.717, 1.165) is 13.2 Å². The predicted molar refractivity (Wildman–Crippen MR) is 116 cm³/mol. The van der Waals surface area contributed by atoms with Gasteiger partial charge >= 0.3 is 18.5 Å². The zero-order valence-corrected chi connectivity index (χ0v) is 19.0. The Labute approximate surface area is 205 Å². The number of carbonyl (C=O) groups is 1. The molecule has 0 aliphatic carbocycles. The highest BCUT2D eigenvalue weighted by molar-refractivity contribution is 6.35. The van der Waals surface area contributed by atoms with E-state index >= 15 is 0 Å². The number of halogens is 7. The molecule has 0 unspecified atom stereocenters. The van der Waals surface area contributed by atoms with E-state index in [-0.39, 0.29) is 34.4 Å². The summed E-state index contributed by atoms with van der Waals surface area (Å²) in [6, 6.07) is 7.78. The molecule has 192 valence electrons. The van der Waals surface area contributed by atoms with Gasteiger partial charge in [0.15, 0.2) is 6.61 Å². The largest absolute Gasteiger partial charge is 0.573 e. The Morgan fingerprint density at radius 3 is 2.33 bits per heavy atom. The molecule has 0 radical (unpaired) electrons. The van der Waals surface area contributed by atoms with Crippen LogP contribution in [0.2, 0.25) is 5.02 Å². The number of anilines is 1. The van der Waals surface area contributed by atoms with E-state index in [1.165, 1.54) is 36.7 Å². The Morgan fingerprint density at radius 2 is 1.72 bits per heavy atom. The van der Waals surface area contributed by atoms with Crippen LogP contribution in [0.4, 0.5) is 32.3 Å². The molecule has 0 saturated heterocycles. The summed E-state index contributed by atoms with van der Waals surface area (Å²) in [5.41, 5.74) is 0.758. The first-order valence-electron chi connectivity index (χ1n) is 9.87. The van der Waals surface area contributed by atoms with E-state index in [9.17, 15) is 31.1 Å². The highest BCUT2D eigenvalue weighted by Gasteiger charge is 2.31. The Bertz CT molecular complexity index is 1220. The third-order valence-corrected chi connectivity index (χ3v) is 4.79. The molecule has 36 heavy (non-hydrogen) atoms. The number of alkyl halides is 6. The van der Waals surface area contributed by atoms with Crippen LogP contribution in [0, 0.1) is 0 Å². The zero-order valence-electron chi connectivity index (χ0n) is 18.2. The third kappa shape index (κ3) is 7.63. The Morgan fingerprint density at radius 1 is 1.03 bits per heavy atom. The van der Waals surface area contributed by atoms with Crippen LogP contribution in [0.1, 0.15) is 15.9 Å². The van der Waals surface area contributed by atoms with Crippen molar-refractivity contribution in [3.8, 4) is 22.6 Å². The number of hydrogen-bond acceptors (Lipinski definition) is 7. The average Bonchev–Trinajstić information content (AvgIpc) is 2.80. The van der Waals surface area contributed by atoms with Gasteiger partial charge < -0.3 is 19.5 Å². The summed E-state index contributed by atoms with van der Waals surface area (Å²) >= 11 is 6.04. The summed E-state index contributed by atoms with van der Waals surface area (Å²) in [5, 5.41) is 2.47. The lowest BCUT2D eigenvalue weighted by molar-refractivity contribution is -0.274. The Balaban J connectivity index is 1.78. The standard InChI is InChI=1S/C22H16ClF6N3O4/c1-34-19(33)16-6-13(7-17(18(16)23)35-11-21(24,25)26)14-9-31-20(32-10-14)30-8-12-3-2-4-15(5-12)36-22(27,28)29/h2-7,9-10H,8,11H2,1H3,(H,30,31,32). The van der Waals surface area contributed by atoms with Crippen molar-refractivity contribution < 1.29 is 45.3 Å². The molecule has 0 amide bonds. The maximum Gasteiger partial charge on any atom is 0.573 e. The molecule has 0 atom stereocenters. The first kappa shape index (κ1) is 26.9. The van der Waals surface area contributed by atoms with Crippen LogP contribution in [-0.2, 0) is 11.3 Å². The molecule has 7 nitrogen and oxygen atoms in total. The van der Waals surface area contributed by atoms with Crippen LogP contribution in [-0.4, -0.2) is 42.2 Å². The number of nitrogens with zero attached hydrogens (tertiary/aromatic N) is 2. The second kappa shape index (κ2) is 10.9. The van der Waals surface area contributed by atoms with E-state index in [4.69, 9.17) is 16.3 Å². The van der Waals surface area contributed by atoms with Crippen molar-refractivity contribution in [2.24, 2.45) is 0 Å². The molecule has 3 rings (SSSR count). The summed E-state index contributed by atoms with van der Waals surface area (Å²) < 4.78 is 88.2. The van der Waals surface area contributed by atoms with E-state index < -0.39 is 30.9 Å². The number of rotatable bonds is 8. The van der Waals surface area contributed by atoms with Crippen molar-refractivity contribution in [1.29, 1.82) is 0 Å². The van der Waals surface area contributed by atoms with Crippen LogP contribution in [0.25, 0.3) is 11.1 Å². The molecule has 3 aromatic rings. The molecular formula is C22H16ClF6N3O4. The molecular weight excluding hydrogens is 520 g/mol. The second-order valence-corrected chi connectivity index (χ2v) is 7.45. The van der Waals surface area contributed by atoms with E-state index in [1.807, 2.05) is 0 Å². The van der Waals surface area contributed by atoms with Gasteiger partial charge in [0.2, 0.25) is 5.95 Å². The SMILES string of the molecule is COC(=O)c1cc(-c2cnc(NCc3cccc(OC(F)(F)F)c3)nc2)cc(OCC(F)(F)F)c1Cl. The van der Waals surface area contributed by atoms with Gasteiger partial charge in [-0.3, -0.25) is 0 Å². The maximum absolute atomic E-state index is 12.6. The quantitative estimate of drug-likeness (QED) is 0.278. The lowest BCUT2D eigenvalue weighted by Crippen LogP contribution is -2.19. The van der Waals surface area contributed by atoms with Crippen LogP contribution >= 0.6 is 11.6 Å². The number of carbonyl (C=O) groups excluding carboxylic acids is 1. The summed E-state index contributed by atoms with van der Waals surface area (Å²) in [6.07, 6.45) is -6.83. The van der Waals surface area contributed by atoms with Gasteiger partial charge in [-0.25, -0.2) is 14.8 Å². The number of methoxy groups -OCH3 is 1. The van der Waals surface area contributed by atoms with Crippen molar-refractivity contribution in [1.82, 2.24) is 9.97 Å². The molecule has 14 heteroatoms. The maximum atomic E-state index is 12.6. The average molecular weight is 536 g/mol. The normalized spacial score (nSPS) is 11.7. The second-order valence-electron chi connectivity index (χ2n) is 7.08. The van der Waals surface area contributed by atoms with E-state index in [1.54, 1.807) is 6.07 Å². The molecule has 0 bridgehead atoms. The number of ether oxygens (including phenoxy) is 3. The van der Waals surface area contributed by atoms with Crippen molar-refractivity contribution in [2.75, 3.05) is 19.0 Å². The monoisotopic (exact) mass is 535 g/mol. The number of esters is 1. The minimum absolute atomic E-state index is 0.0667. The molecule has 1 heterocycles. The van der Waals surface area contributed by atoms with Crippen LogP contribution < -0.4 is 14.8 Å². The highest BCUT2D eigenvalue weighted by atomic mass is 35.5. The molecule has 1 N–H and O–H groups in total. The molecule has 0 aliphatic rings. The first-order chi connectivity index (χ1) is 16.8. The number of benzene rings is 2. The summed E-state index contributed by atoms with van der Waals surface area (Å²) in [6.45, 7) is -1.57. The molecule has 0 fully saturated rings. The molecule has 0 aliphatic heterocycles. The van der Waals surface area contributed by atoms with Gasteiger partial charge in [0.05, 0.1) is 17.7 Å². The van der Waals surface area contributed by atoms with Gasteiger partial charge in [0.1, 0.15) is 11.5 Å². The lowest BCUT2D eigenvalue weighted by atomic mass is 10.0. The van der Waals surface area contributed by atoms with Crippen molar-refractivity contribution >= 4 is 23.5 Å². The molecule has 1 aromatic heterocycles.